The van der Waals surface area contributed by atoms with Crippen LogP contribution in [0.15, 0.2) is 0 Å². The third-order valence-corrected chi connectivity index (χ3v) is 4.47. The molecule has 100 valence electrons. The Balaban J connectivity index is 2.02. The van der Waals surface area contributed by atoms with E-state index >= 15 is 0 Å². The Morgan fingerprint density at radius 1 is 1.22 bits per heavy atom. The third-order valence-electron chi connectivity index (χ3n) is 3.10. The molecule has 1 saturated carbocycles. The van der Waals surface area contributed by atoms with Crippen LogP contribution in [0.5, 0.6) is 0 Å². The van der Waals surface area contributed by atoms with E-state index in [1.165, 1.54) is 0 Å². The Morgan fingerprint density at radius 2 is 1.89 bits per heavy atom. The van der Waals surface area contributed by atoms with E-state index in [9.17, 15) is 4.21 Å². The fourth-order valence-corrected chi connectivity index (χ4v) is 3.24. The number of nitrogen functional groups attached to an aromatic ring is 2. The number of hydrogen-bond donors (Lipinski definition) is 3. The average Bonchev–Trinajstić information content (AvgIpc) is 2.27. The molecular formula is C10H18N6OS. The second-order valence-electron chi connectivity index (χ2n) is 4.50. The van der Waals surface area contributed by atoms with Crippen LogP contribution in [-0.4, -0.2) is 36.7 Å². The molecule has 0 saturated heterocycles. The molecule has 2 rings (SSSR count). The Bertz CT molecular complexity index is 434. The van der Waals surface area contributed by atoms with Gasteiger partial charge >= 0.3 is 0 Å². The van der Waals surface area contributed by atoms with Gasteiger partial charge in [-0.2, -0.15) is 15.0 Å². The SMILES string of the molecule is CS(=O)C1CCCC(Nc2nc(N)nc(N)n2)C1. The summed E-state index contributed by atoms with van der Waals surface area (Å²) in [5, 5.41) is 3.43. The zero-order chi connectivity index (χ0) is 13.1. The number of nitrogens with two attached hydrogens (primary N) is 2. The van der Waals surface area contributed by atoms with Gasteiger partial charge in [0.05, 0.1) is 0 Å². The molecule has 1 aromatic rings. The molecule has 0 amide bonds. The van der Waals surface area contributed by atoms with Gasteiger partial charge in [0.15, 0.2) is 0 Å². The number of aromatic nitrogens is 3. The summed E-state index contributed by atoms with van der Waals surface area (Å²) in [6.45, 7) is 0. The average molecular weight is 270 g/mol. The monoisotopic (exact) mass is 270 g/mol. The van der Waals surface area contributed by atoms with Gasteiger partial charge in [-0.25, -0.2) is 0 Å². The smallest absolute Gasteiger partial charge is 0.229 e. The molecule has 5 N–H and O–H groups in total. The van der Waals surface area contributed by atoms with Gasteiger partial charge in [0.1, 0.15) is 0 Å². The number of nitrogens with zero attached hydrogens (tertiary/aromatic N) is 3. The summed E-state index contributed by atoms with van der Waals surface area (Å²) in [6.07, 6.45) is 5.69. The molecule has 7 nitrogen and oxygen atoms in total. The molecular weight excluding hydrogens is 252 g/mol. The standard InChI is InChI=1S/C10H18N6OS/c1-18(17)7-4-2-3-6(5-7)13-10-15-8(11)14-9(12)16-10/h6-7H,2-5H2,1H3,(H5,11,12,13,14,15,16). The maximum atomic E-state index is 11.5. The Hall–Kier alpha value is -1.44. The van der Waals surface area contributed by atoms with Crippen LogP contribution in [0.2, 0.25) is 0 Å². The first kappa shape index (κ1) is 13.0. The van der Waals surface area contributed by atoms with Crippen LogP contribution in [-0.2, 0) is 10.8 Å². The maximum Gasteiger partial charge on any atom is 0.229 e. The molecule has 3 atom stereocenters. The van der Waals surface area contributed by atoms with Crippen molar-refractivity contribution < 1.29 is 4.21 Å². The molecule has 1 aromatic heterocycles. The number of rotatable bonds is 3. The van der Waals surface area contributed by atoms with Crippen molar-refractivity contribution in [3.63, 3.8) is 0 Å². The quantitative estimate of drug-likeness (QED) is 0.714. The lowest BCUT2D eigenvalue weighted by Gasteiger charge is -2.28. The van der Waals surface area contributed by atoms with Gasteiger partial charge in [-0.15, -0.1) is 0 Å². The third kappa shape index (κ3) is 3.28. The lowest BCUT2D eigenvalue weighted by Crippen LogP contribution is -2.32. The van der Waals surface area contributed by atoms with Crippen molar-refractivity contribution in [2.75, 3.05) is 23.0 Å². The molecule has 1 aliphatic rings. The van der Waals surface area contributed by atoms with Gasteiger partial charge in [0, 0.05) is 28.3 Å². The first-order valence-corrected chi connectivity index (χ1v) is 7.52. The lowest BCUT2D eigenvalue weighted by atomic mass is 9.95. The summed E-state index contributed by atoms with van der Waals surface area (Å²) < 4.78 is 11.5. The van der Waals surface area contributed by atoms with E-state index in [4.69, 9.17) is 11.5 Å². The molecule has 0 aromatic carbocycles. The molecule has 0 radical (unpaired) electrons. The zero-order valence-electron chi connectivity index (χ0n) is 10.3. The molecule has 1 fully saturated rings. The van der Waals surface area contributed by atoms with E-state index in [0.29, 0.717) is 5.95 Å². The summed E-state index contributed by atoms with van der Waals surface area (Å²) in [5.74, 6) is 0.611. The van der Waals surface area contributed by atoms with Gasteiger partial charge < -0.3 is 16.8 Å². The fraction of sp³-hybridized carbons (Fsp3) is 0.700. The molecule has 0 aliphatic heterocycles. The van der Waals surface area contributed by atoms with E-state index in [2.05, 4.69) is 20.3 Å². The van der Waals surface area contributed by atoms with E-state index in [-0.39, 0.29) is 23.2 Å². The molecule has 3 unspecified atom stereocenters. The van der Waals surface area contributed by atoms with Crippen molar-refractivity contribution in [3.05, 3.63) is 0 Å². The van der Waals surface area contributed by atoms with Crippen molar-refractivity contribution in [1.82, 2.24) is 15.0 Å². The predicted octanol–water partition coefficient (Wildman–Crippen LogP) is 0.138. The minimum Gasteiger partial charge on any atom is -0.368 e. The van der Waals surface area contributed by atoms with Crippen molar-refractivity contribution in [1.29, 1.82) is 0 Å². The zero-order valence-corrected chi connectivity index (χ0v) is 11.1. The summed E-state index contributed by atoms with van der Waals surface area (Å²) in [4.78, 5) is 11.7. The maximum absolute atomic E-state index is 11.5. The highest BCUT2D eigenvalue weighted by atomic mass is 32.2. The Morgan fingerprint density at radius 3 is 2.50 bits per heavy atom. The first-order chi connectivity index (χ1) is 8.54. The predicted molar refractivity (Wildman–Crippen MR) is 72.4 cm³/mol. The van der Waals surface area contributed by atoms with E-state index < -0.39 is 10.8 Å². The minimum absolute atomic E-state index is 0.108. The largest absolute Gasteiger partial charge is 0.368 e. The Labute approximate surface area is 108 Å². The fourth-order valence-electron chi connectivity index (χ4n) is 2.23. The number of nitrogens with one attached hydrogen (secondary N) is 1. The molecule has 1 heterocycles. The highest BCUT2D eigenvalue weighted by Gasteiger charge is 2.24. The highest BCUT2D eigenvalue weighted by molar-refractivity contribution is 7.84. The molecule has 1 aliphatic carbocycles. The van der Waals surface area contributed by atoms with Crippen LogP contribution in [0.4, 0.5) is 17.8 Å². The van der Waals surface area contributed by atoms with Crippen LogP contribution >= 0.6 is 0 Å². The van der Waals surface area contributed by atoms with Crippen molar-refractivity contribution in [3.8, 4) is 0 Å². The van der Waals surface area contributed by atoms with Crippen molar-refractivity contribution >= 4 is 28.6 Å². The first-order valence-electron chi connectivity index (χ1n) is 5.90. The normalized spacial score (nSPS) is 25.6. The summed E-state index contributed by atoms with van der Waals surface area (Å²) in [6, 6.07) is 0.217. The summed E-state index contributed by atoms with van der Waals surface area (Å²) >= 11 is 0. The topological polar surface area (TPSA) is 120 Å². The molecule has 0 spiro atoms. The van der Waals surface area contributed by atoms with Gasteiger partial charge in [0.2, 0.25) is 17.8 Å². The second kappa shape index (κ2) is 5.47. The Kier molecular flexibility index (Phi) is 3.95. The highest BCUT2D eigenvalue weighted by Crippen LogP contribution is 2.24. The summed E-state index contributed by atoms with van der Waals surface area (Å²) in [7, 11) is -0.782. The van der Waals surface area contributed by atoms with E-state index in [0.717, 1.165) is 25.7 Å². The molecule has 8 heteroatoms. The molecule has 18 heavy (non-hydrogen) atoms. The van der Waals surface area contributed by atoms with Crippen LogP contribution in [0.1, 0.15) is 25.7 Å². The summed E-state index contributed by atoms with van der Waals surface area (Å²) in [5.41, 5.74) is 11.0. The minimum atomic E-state index is -0.782. The van der Waals surface area contributed by atoms with Crippen LogP contribution in [0, 0.1) is 0 Å². The second-order valence-corrected chi connectivity index (χ2v) is 6.17. The van der Waals surface area contributed by atoms with Gasteiger partial charge in [-0.05, 0) is 19.3 Å². The van der Waals surface area contributed by atoms with Crippen molar-refractivity contribution in [2.24, 2.45) is 0 Å². The number of anilines is 3. The van der Waals surface area contributed by atoms with Crippen LogP contribution in [0.25, 0.3) is 0 Å². The molecule has 0 bridgehead atoms. The van der Waals surface area contributed by atoms with Crippen LogP contribution in [0.3, 0.4) is 0 Å². The van der Waals surface area contributed by atoms with Crippen LogP contribution < -0.4 is 16.8 Å². The van der Waals surface area contributed by atoms with Gasteiger partial charge in [-0.3, -0.25) is 4.21 Å². The van der Waals surface area contributed by atoms with Gasteiger partial charge in [-0.1, -0.05) is 6.42 Å². The van der Waals surface area contributed by atoms with E-state index in [1.807, 2.05) is 0 Å². The van der Waals surface area contributed by atoms with E-state index in [1.54, 1.807) is 6.26 Å². The van der Waals surface area contributed by atoms with Crippen molar-refractivity contribution in [2.45, 2.75) is 37.0 Å². The van der Waals surface area contributed by atoms with Gasteiger partial charge in [0.25, 0.3) is 0 Å². The lowest BCUT2D eigenvalue weighted by molar-refractivity contribution is 0.464. The number of hydrogen-bond acceptors (Lipinski definition) is 7.